The third kappa shape index (κ3) is 4.64. The average molecular weight is 226 g/mol. The van der Waals surface area contributed by atoms with Crippen molar-refractivity contribution in [2.24, 2.45) is 0 Å². The van der Waals surface area contributed by atoms with Gasteiger partial charge in [-0.25, -0.2) is 0 Å². The number of unbranched alkanes of at least 4 members (excludes halogenated alkanes) is 2. The number of nitrogens with one attached hydrogen (secondary N) is 1. The van der Waals surface area contributed by atoms with Crippen molar-refractivity contribution in [3.05, 3.63) is 0 Å². The molecule has 1 N–H and O–H groups in total. The second kappa shape index (κ2) is 6.51. The molecule has 4 nitrogen and oxygen atoms in total. The van der Waals surface area contributed by atoms with E-state index in [9.17, 15) is 9.59 Å². The highest BCUT2D eigenvalue weighted by Gasteiger charge is 2.31. The van der Waals surface area contributed by atoms with Crippen LogP contribution in [0.15, 0.2) is 0 Å². The molecule has 0 aromatic heterocycles. The first-order valence-electron chi connectivity index (χ1n) is 6.19. The Labute approximate surface area is 97.4 Å². The standard InChI is InChI=1S/C12H22N2O2/c1-3-4-5-8-13-12(16)9-14(10(2)15)11-6-7-11/h11H,3-9H2,1-2H3,(H,13,16). The van der Waals surface area contributed by atoms with E-state index < -0.39 is 0 Å². The molecule has 1 rings (SSSR count). The zero-order valence-corrected chi connectivity index (χ0v) is 10.3. The first-order valence-corrected chi connectivity index (χ1v) is 6.19. The van der Waals surface area contributed by atoms with Crippen molar-refractivity contribution in [2.45, 2.75) is 52.0 Å². The van der Waals surface area contributed by atoms with Gasteiger partial charge in [-0.15, -0.1) is 0 Å². The van der Waals surface area contributed by atoms with Crippen molar-refractivity contribution >= 4 is 11.8 Å². The summed E-state index contributed by atoms with van der Waals surface area (Å²) < 4.78 is 0. The van der Waals surface area contributed by atoms with Crippen LogP contribution in [0.25, 0.3) is 0 Å². The predicted octanol–water partition coefficient (Wildman–Crippen LogP) is 1.30. The van der Waals surface area contributed by atoms with Crippen molar-refractivity contribution in [2.75, 3.05) is 13.1 Å². The minimum absolute atomic E-state index is 0.00575. The topological polar surface area (TPSA) is 49.4 Å². The molecule has 0 atom stereocenters. The van der Waals surface area contributed by atoms with Gasteiger partial charge in [0.2, 0.25) is 11.8 Å². The van der Waals surface area contributed by atoms with Gasteiger partial charge in [0.1, 0.15) is 0 Å². The van der Waals surface area contributed by atoms with Gasteiger partial charge >= 0.3 is 0 Å². The number of carbonyl (C=O) groups excluding carboxylic acids is 2. The van der Waals surface area contributed by atoms with Crippen LogP contribution in [0.4, 0.5) is 0 Å². The zero-order chi connectivity index (χ0) is 12.0. The van der Waals surface area contributed by atoms with Crippen LogP contribution in [-0.2, 0) is 9.59 Å². The van der Waals surface area contributed by atoms with E-state index in [2.05, 4.69) is 12.2 Å². The summed E-state index contributed by atoms with van der Waals surface area (Å²) in [7, 11) is 0. The van der Waals surface area contributed by atoms with E-state index in [4.69, 9.17) is 0 Å². The summed E-state index contributed by atoms with van der Waals surface area (Å²) >= 11 is 0. The Hall–Kier alpha value is -1.06. The normalized spacial score (nSPS) is 14.6. The van der Waals surface area contributed by atoms with Crippen LogP contribution in [0.5, 0.6) is 0 Å². The van der Waals surface area contributed by atoms with Gasteiger partial charge in [0.15, 0.2) is 0 Å². The summed E-state index contributed by atoms with van der Waals surface area (Å²) in [6, 6.07) is 0.318. The lowest BCUT2D eigenvalue weighted by Crippen LogP contribution is -2.41. The van der Waals surface area contributed by atoms with Gasteiger partial charge in [-0.3, -0.25) is 9.59 Å². The first-order chi connectivity index (χ1) is 7.65. The van der Waals surface area contributed by atoms with Crippen LogP contribution < -0.4 is 5.32 Å². The molecule has 92 valence electrons. The Kier molecular flexibility index (Phi) is 5.29. The molecule has 0 aliphatic heterocycles. The van der Waals surface area contributed by atoms with Crippen molar-refractivity contribution in [3.63, 3.8) is 0 Å². The fourth-order valence-corrected chi connectivity index (χ4v) is 1.70. The number of hydrogen-bond acceptors (Lipinski definition) is 2. The molecule has 0 aromatic carbocycles. The Morgan fingerprint density at radius 3 is 2.50 bits per heavy atom. The number of rotatable bonds is 7. The largest absolute Gasteiger partial charge is 0.355 e. The van der Waals surface area contributed by atoms with Gasteiger partial charge in [0.25, 0.3) is 0 Å². The summed E-state index contributed by atoms with van der Waals surface area (Å²) in [6.45, 7) is 4.62. The van der Waals surface area contributed by atoms with Gasteiger partial charge in [-0.2, -0.15) is 0 Å². The summed E-state index contributed by atoms with van der Waals surface area (Å²) in [5.41, 5.74) is 0. The molecule has 1 fully saturated rings. The second-order valence-electron chi connectivity index (χ2n) is 4.44. The molecule has 0 bridgehead atoms. The molecular weight excluding hydrogens is 204 g/mol. The highest BCUT2D eigenvalue weighted by molar-refractivity contribution is 5.84. The lowest BCUT2D eigenvalue weighted by atomic mass is 10.2. The van der Waals surface area contributed by atoms with Gasteiger partial charge in [0, 0.05) is 19.5 Å². The molecule has 0 spiro atoms. The molecule has 4 heteroatoms. The van der Waals surface area contributed by atoms with E-state index in [1.165, 1.54) is 6.92 Å². The molecular formula is C12H22N2O2. The quantitative estimate of drug-likeness (QED) is 0.665. The van der Waals surface area contributed by atoms with Gasteiger partial charge in [0.05, 0.1) is 6.54 Å². The fourth-order valence-electron chi connectivity index (χ4n) is 1.70. The number of hydrogen-bond donors (Lipinski definition) is 1. The summed E-state index contributed by atoms with van der Waals surface area (Å²) in [5.74, 6) is -0.0237. The Morgan fingerprint density at radius 2 is 2.00 bits per heavy atom. The molecule has 0 unspecified atom stereocenters. The summed E-state index contributed by atoms with van der Waals surface area (Å²) in [6.07, 6.45) is 5.40. The lowest BCUT2D eigenvalue weighted by Gasteiger charge is -2.19. The molecule has 0 radical (unpaired) electrons. The number of amides is 2. The lowest BCUT2D eigenvalue weighted by molar-refractivity contribution is -0.134. The zero-order valence-electron chi connectivity index (χ0n) is 10.3. The van der Waals surface area contributed by atoms with Crippen LogP contribution >= 0.6 is 0 Å². The van der Waals surface area contributed by atoms with Gasteiger partial charge < -0.3 is 10.2 Å². The SMILES string of the molecule is CCCCCNC(=O)CN(C(C)=O)C1CC1. The van der Waals surface area contributed by atoms with E-state index in [1.807, 2.05) is 0 Å². The maximum atomic E-state index is 11.5. The molecule has 0 heterocycles. The van der Waals surface area contributed by atoms with Crippen molar-refractivity contribution in [1.82, 2.24) is 10.2 Å². The second-order valence-corrected chi connectivity index (χ2v) is 4.44. The number of nitrogens with zero attached hydrogens (tertiary/aromatic N) is 1. The highest BCUT2D eigenvalue weighted by atomic mass is 16.2. The molecule has 16 heavy (non-hydrogen) atoms. The van der Waals surface area contributed by atoms with E-state index in [0.29, 0.717) is 6.04 Å². The Balaban J connectivity index is 2.18. The molecule has 1 aliphatic carbocycles. The van der Waals surface area contributed by atoms with Crippen molar-refractivity contribution in [1.29, 1.82) is 0 Å². The fraction of sp³-hybridized carbons (Fsp3) is 0.833. The van der Waals surface area contributed by atoms with E-state index >= 15 is 0 Å². The molecule has 2 amide bonds. The van der Waals surface area contributed by atoms with E-state index in [-0.39, 0.29) is 18.4 Å². The molecule has 1 aliphatic rings. The minimum Gasteiger partial charge on any atom is -0.355 e. The highest BCUT2D eigenvalue weighted by Crippen LogP contribution is 2.26. The van der Waals surface area contributed by atoms with Crippen LogP contribution in [0.1, 0.15) is 46.0 Å². The average Bonchev–Trinajstić information content (AvgIpc) is 3.04. The van der Waals surface area contributed by atoms with Gasteiger partial charge in [-0.05, 0) is 19.3 Å². The smallest absolute Gasteiger partial charge is 0.239 e. The van der Waals surface area contributed by atoms with Crippen LogP contribution in [0.3, 0.4) is 0 Å². The third-order valence-corrected chi connectivity index (χ3v) is 2.81. The maximum absolute atomic E-state index is 11.5. The Morgan fingerprint density at radius 1 is 1.31 bits per heavy atom. The predicted molar refractivity (Wildman–Crippen MR) is 62.9 cm³/mol. The van der Waals surface area contributed by atoms with Crippen LogP contribution in [-0.4, -0.2) is 35.8 Å². The Bertz CT molecular complexity index is 249. The molecule has 1 saturated carbocycles. The monoisotopic (exact) mass is 226 g/mol. The van der Waals surface area contributed by atoms with Crippen molar-refractivity contribution < 1.29 is 9.59 Å². The van der Waals surface area contributed by atoms with E-state index in [0.717, 1.165) is 38.6 Å². The summed E-state index contributed by atoms with van der Waals surface area (Å²) in [4.78, 5) is 24.5. The summed E-state index contributed by atoms with van der Waals surface area (Å²) in [5, 5.41) is 2.85. The van der Waals surface area contributed by atoms with Crippen LogP contribution in [0.2, 0.25) is 0 Å². The maximum Gasteiger partial charge on any atom is 0.239 e. The van der Waals surface area contributed by atoms with Crippen molar-refractivity contribution in [3.8, 4) is 0 Å². The van der Waals surface area contributed by atoms with Gasteiger partial charge in [-0.1, -0.05) is 19.8 Å². The van der Waals surface area contributed by atoms with Crippen LogP contribution in [0, 0.1) is 0 Å². The first kappa shape index (κ1) is 13.0. The molecule has 0 saturated heterocycles. The third-order valence-electron chi connectivity index (χ3n) is 2.81. The number of carbonyl (C=O) groups is 2. The van der Waals surface area contributed by atoms with E-state index in [1.54, 1.807) is 4.90 Å². The molecule has 0 aromatic rings. The minimum atomic E-state index is -0.0294.